The highest BCUT2D eigenvalue weighted by Gasteiger charge is 2.40. The van der Waals surface area contributed by atoms with E-state index in [0.717, 1.165) is 23.3 Å². The zero-order chi connectivity index (χ0) is 15.2. The number of halogens is 2. The lowest BCUT2D eigenvalue weighted by Crippen LogP contribution is -2.31. The van der Waals surface area contributed by atoms with Gasteiger partial charge in [-0.25, -0.2) is 17.2 Å². The molecule has 2 N–H and O–H groups in total. The van der Waals surface area contributed by atoms with Gasteiger partial charge < -0.3 is 5.73 Å². The Bertz CT molecular complexity index is 805. The Labute approximate surface area is 121 Å². The molecule has 0 aromatic heterocycles. The topological polar surface area (TPSA) is 60.2 Å². The molecule has 0 radical (unpaired) electrons. The Balaban J connectivity index is 2.07. The van der Waals surface area contributed by atoms with Gasteiger partial charge in [-0.15, -0.1) is 0 Å². The van der Waals surface area contributed by atoms with E-state index in [-0.39, 0.29) is 6.42 Å². The molecule has 2 aromatic carbocycles. The van der Waals surface area contributed by atoms with Gasteiger partial charge >= 0.3 is 0 Å². The maximum atomic E-state index is 13.8. The molecule has 2 aromatic rings. The van der Waals surface area contributed by atoms with E-state index in [2.05, 4.69) is 0 Å². The summed E-state index contributed by atoms with van der Waals surface area (Å²) in [5.74, 6) is -1.75. The minimum Gasteiger partial charge on any atom is -0.323 e. The van der Waals surface area contributed by atoms with E-state index in [1.54, 1.807) is 24.3 Å². The SMILES string of the molecule is NC1c2ccccc2CC1S(=O)(=O)c1cc(F)ccc1F. The fourth-order valence-electron chi connectivity index (χ4n) is 2.75. The normalized spacial score (nSPS) is 21.3. The molecule has 0 fully saturated rings. The van der Waals surface area contributed by atoms with E-state index in [1.807, 2.05) is 0 Å². The second-order valence-corrected chi connectivity index (χ2v) is 7.22. The van der Waals surface area contributed by atoms with Crippen molar-refractivity contribution in [2.75, 3.05) is 0 Å². The lowest BCUT2D eigenvalue weighted by Gasteiger charge is -2.17. The first-order valence-corrected chi connectivity index (χ1v) is 7.98. The van der Waals surface area contributed by atoms with Crippen LogP contribution in [0.15, 0.2) is 47.4 Å². The van der Waals surface area contributed by atoms with Crippen LogP contribution in [-0.4, -0.2) is 13.7 Å². The van der Waals surface area contributed by atoms with Gasteiger partial charge in [0.1, 0.15) is 16.5 Å². The number of rotatable bonds is 2. The second-order valence-electron chi connectivity index (χ2n) is 5.09. The van der Waals surface area contributed by atoms with Crippen LogP contribution >= 0.6 is 0 Å². The average Bonchev–Trinajstić information content (AvgIpc) is 2.80. The molecular formula is C15H13F2NO2S. The molecule has 1 aliphatic rings. The molecule has 2 unspecified atom stereocenters. The van der Waals surface area contributed by atoms with Crippen LogP contribution in [0.25, 0.3) is 0 Å². The minimum absolute atomic E-state index is 0.204. The summed E-state index contributed by atoms with van der Waals surface area (Å²) >= 11 is 0. The van der Waals surface area contributed by atoms with Crippen LogP contribution in [0.5, 0.6) is 0 Å². The first-order valence-electron chi connectivity index (χ1n) is 6.43. The van der Waals surface area contributed by atoms with Gasteiger partial charge in [0, 0.05) is 6.04 Å². The first kappa shape index (κ1) is 14.2. The number of hydrogen-bond acceptors (Lipinski definition) is 3. The molecule has 3 rings (SSSR count). The van der Waals surface area contributed by atoms with Gasteiger partial charge in [-0.3, -0.25) is 0 Å². The predicted octanol–water partition coefficient (Wildman–Crippen LogP) is 2.36. The summed E-state index contributed by atoms with van der Waals surface area (Å²) in [6, 6.07) is 8.80. The first-order chi connectivity index (χ1) is 9.91. The molecule has 2 atom stereocenters. The van der Waals surface area contributed by atoms with Crippen molar-refractivity contribution in [2.45, 2.75) is 22.6 Å². The van der Waals surface area contributed by atoms with E-state index in [9.17, 15) is 17.2 Å². The lowest BCUT2D eigenvalue weighted by molar-refractivity contribution is 0.537. The zero-order valence-corrected chi connectivity index (χ0v) is 11.8. The van der Waals surface area contributed by atoms with Crippen LogP contribution in [0.3, 0.4) is 0 Å². The summed E-state index contributed by atoms with van der Waals surface area (Å²) in [5, 5.41) is -0.980. The van der Waals surface area contributed by atoms with Crippen molar-refractivity contribution in [3.05, 3.63) is 65.2 Å². The van der Waals surface area contributed by atoms with Crippen molar-refractivity contribution >= 4 is 9.84 Å². The van der Waals surface area contributed by atoms with Crippen LogP contribution in [0.4, 0.5) is 8.78 Å². The number of hydrogen-bond donors (Lipinski definition) is 1. The quantitative estimate of drug-likeness (QED) is 0.926. The molecule has 3 nitrogen and oxygen atoms in total. The molecular weight excluding hydrogens is 296 g/mol. The third-order valence-corrected chi connectivity index (χ3v) is 6.02. The molecule has 0 aliphatic heterocycles. The number of fused-ring (bicyclic) bond motifs is 1. The third-order valence-electron chi connectivity index (χ3n) is 3.83. The molecule has 0 saturated heterocycles. The lowest BCUT2D eigenvalue weighted by atomic mass is 10.1. The van der Waals surface area contributed by atoms with Gasteiger partial charge in [0.25, 0.3) is 0 Å². The Hall–Kier alpha value is -1.79. The number of nitrogens with two attached hydrogens (primary N) is 1. The van der Waals surface area contributed by atoms with E-state index < -0.39 is 37.7 Å². The summed E-state index contributed by atoms with van der Waals surface area (Å²) in [6.45, 7) is 0. The Morgan fingerprint density at radius 1 is 1.10 bits per heavy atom. The molecule has 110 valence electrons. The van der Waals surface area contributed by atoms with E-state index in [0.29, 0.717) is 6.07 Å². The van der Waals surface area contributed by atoms with Gasteiger partial charge in [0.2, 0.25) is 0 Å². The number of benzene rings is 2. The average molecular weight is 309 g/mol. The Kier molecular flexibility index (Phi) is 3.30. The highest BCUT2D eigenvalue weighted by Crippen LogP contribution is 2.37. The van der Waals surface area contributed by atoms with Crippen LogP contribution in [0.1, 0.15) is 17.2 Å². The molecule has 0 bridgehead atoms. The van der Waals surface area contributed by atoms with Gasteiger partial charge in [-0.1, -0.05) is 24.3 Å². The zero-order valence-electron chi connectivity index (χ0n) is 11.0. The van der Waals surface area contributed by atoms with E-state index in [1.165, 1.54) is 0 Å². The summed E-state index contributed by atoms with van der Waals surface area (Å²) in [4.78, 5) is -0.629. The maximum Gasteiger partial charge on any atom is 0.186 e. The van der Waals surface area contributed by atoms with Crippen molar-refractivity contribution in [2.24, 2.45) is 5.73 Å². The van der Waals surface area contributed by atoms with Gasteiger partial charge in [-0.2, -0.15) is 0 Å². The third kappa shape index (κ3) is 2.24. The molecule has 0 heterocycles. The predicted molar refractivity (Wildman–Crippen MR) is 74.4 cm³/mol. The van der Waals surface area contributed by atoms with Crippen LogP contribution in [0.2, 0.25) is 0 Å². The smallest absolute Gasteiger partial charge is 0.186 e. The molecule has 0 amide bonds. The van der Waals surface area contributed by atoms with Crippen molar-refractivity contribution in [1.82, 2.24) is 0 Å². The van der Waals surface area contributed by atoms with Crippen molar-refractivity contribution in [3.8, 4) is 0 Å². The van der Waals surface area contributed by atoms with Crippen LogP contribution < -0.4 is 5.73 Å². The van der Waals surface area contributed by atoms with Gasteiger partial charge in [-0.05, 0) is 35.7 Å². The standard InChI is InChI=1S/C15H13F2NO2S/c16-10-5-6-12(17)13(8-10)21(19,20)14-7-9-3-1-2-4-11(9)15(14)18/h1-6,8,14-15H,7,18H2. The number of sulfone groups is 1. The van der Waals surface area contributed by atoms with Crippen molar-refractivity contribution in [3.63, 3.8) is 0 Å². The van der Waals surface area contributed by atoms with Gasteiger partial charge in [0.05, 0.1) is 5.25 Å². The highest BCUT2D eigenvalue weighted by atomic mass is 32.2. The summed E-state index contributed by atoms with van der Waals surface area (Å²) < 4.78 is 52.2. The summed E-state index contributed by atoms with van der Waals surface area (Å²) in [7, 11) is -4.05. The van der Waals surface area contributed by atoms with Crippen molar-refractivity contribution < 1.29 is 17.2 Å². The molecule has 0 spiro atoms. The Morgan fingerprint density at radius 2 is 1.81 bits per heavy atom. The second kappa shape index (κ2) is 4.89. The largest absolute Gasteiger partial charge is 0.323 e. The van der Waals surface area contributed by atoms with E-state index >= 15 is 0 Å². The molecule has 6 heteroatoms. The highest BCUT2D eigenvalue weighted by molar-refractivity contribution is 7.92. The maximum absolute atomic E-state index is 13.8. The Morgan fingerprint density at radius 3 is 2.52 bits per heavy atom. The van der Waals surface area contributed by atoms with E-state index in [4.69, 9.17) is 5.73 Å². The summed E-state index contributed by atoms with van der Waals surface area (Å²) in [5.41, 5.74) is 7.57. The molecule has 21 heavy (non-hydrogen) atoms. The fourth-order valence-corrected chi connectivity index (χ4v) is 4.62. The van der Waals surface area contributed by atoms with Crippen LogP contribution in [0, 0.1) is 11.6 Å². The summed E-state index contributed by atoms with van der Waals surface area (Å²) in [6.07, 6.45) is 0.204. The fraction of sp³-hybridized carbons (Fsp3) is 0.200. The van der Waals surface area contributed by atoms with Crippen LogP contribution in [-0.2, 0) is 16.3 Å². The monoisotopic (exact) mass is 309 g/mol. The minimum atomic E-state index is -4.05. The van der Waals surface area contributed by atoms with Crippen molar-refractivity contribution in [1.29, 1.82) is 0 Å². The molecule has 1 aliphatic carbocycles. The molecule has 0 saturated carbocycles. The van der Waals surface area contributed by atoms with Gasteiger partial charge in [0.15, 0.2) is 9.84 Å².